The van der Waals surface area contributed by atoms with E-state index in [2.05, 4.69) is 20.8 Å². The molecule has 1 rings (SSSR count). The number of hydrogen-bond donors (Lipinski definition) is 2. The molecule has 0 saturated heterocycles. The summed E-state index contributed by atoms with van der Waals surface area (Å²) in [6, 6.07) is 0. The highest BCUT2D eigenvalue weighted by atomic mass is 16.4. The zero-order valence-corrected chi connectivity index (χ0v) is 6.83. The third-order valence-corrected chi connectivity index (χ3v) is 2.34. The molecule has 0 radical (unpaired) electrons. The van der Waals surface area contributed by atoms with Crippen LogP contribution in [0, 0.1) is 11.3 Å². The van der Waals surface area contributed by atoms with Gasteiger partial charge in [-0.3, -0.25) is 0 Å². The molecular formula is C7H15BO2. The molecule has 58 valence electrons. The van der Waals surface area contributed by atoms with E-state index in [1.54, 1.807) is 0 Å². The van der Waals surface area contributed by atoms with Gasteiger partial charge in [-0.15, -0.1) is 0 Å². The van der Waals surface area contributed by atoms with Crippen molar-refractivity contribution in [2.75, 3.05) is 0 Å². The summed E-state index contributed by atoms with van der Waals surface area (Å²) >= 11 is 0. The molecule has 0 aromatic carbocycles. The second-order valence-corrected chi connectivity index (χ2v) is 4.29. The van der Waals surface area contributed by atoms with Crippen LogP contribution in [-0.4, -0.2) is 17.2 Å². The van der Waals surface area contributed by atoms with Gasteiger partial charge in [0.05, 0.1) is 0 Å². The zero-order valence-electron chi connectivity index (χ0n) is 6.83. The first-order valence-electron chi connectivity index (χ1n) is 3.79. The lowest BCUT2D eigenvalue weighted by Gasteiger charge is -2.17. The minimum Gasteiger partial charge on any atom is -0.427 e. The molecule has 1 saturated carbocycles. The smallest absolute Gasteiger partial charge is 0.427 e. The SMILES string of the molecule is CC(C)(C)[C@@H]1CC1B(O)O. The van der Waals surface area contributed by atoms with Crippen molar-refractivity contribution >= 4 is 7.12 Å². The third-order valence-electron chi connectivity index (χ3n) is 2.34. The Morgan fingerprint density at radius 2 is 1.80 bits per heavy atom. The molecule has 0 aromatic heterocycles. The third kappa shape index (κ3) is 1.52. The molecule has 10 heavy (non-hydrogen) atoms. The van der Waals surface area contributed by atoms with Crippen LogP contribution in [0.3, 0.4) is 0 Å². The maximum atomic E-state index is 8.78. The second-order valence-electron chi connectivity index (χ2n) is 4.29. The first kappa shape index (κ1) is 8.09. The van der Waals surface area contributed by atoms with Gasteiger partial charge in [-0.1, -0.05) is 20.8 Å². The van der Waals surface area contributed by atoms with E-state index in [1.807, 2.05) is 0 Å². The summed E-state index contributed by atoms with van der Waals surface area (Å²) in [5.74, 6) is 0.646. The Balaban J connectivity index is 2.39. The van der Waals surface area contributed by atoms with Gasteiger partial charge in [0.25, 0.3) is 0 Å². The summed E-state index contributed by atoms with van der Waals surface area (Å²) < 4.78 is 0. The molecule has 0 amide bonds. The number of rotatable bonds is 1. The molecule has 0 spiro atoms. The predicted octanol–water partition coefficient (Wildman–Crippen LogP) is 0.895. The fourth-order valence-electron chi connectivity index (χ4n) is 1.54. The lowest BCUT2D eigenvalue weighted by Crippen LogP contribution is -2.16. The van der Waals surface area contributed by atoms with Crippen LogP contribution in [0.1, 0.15) is 27.2 Å². The van der Waals surface area contributed by atoms with Crippen LogP contribution in [0.15, 0.2) is 0 Å². The molecular weight excluding hydrogens is 127 g/mol. The molecule has 2 N–H and O–H groups in total. The lowest BCUT2D eigenvalue weighted by atomic mass is 9.76. The van der Waals surface area contributed by atoms with E-state index in [0.29, 0.717) is 5.92 Å². The molecule has 0 aromatic rings. The van der Waals surface area contributed by atoms with Crippen LogP contribution < -0.4 is 0 Å². The minimum absolute atomic E-state index is 0.139. The van der Waals surface area contributed by atoms with E-state index < -0.39 is 7.12 Å². The van der Waals surface area contributed by atoms with Gasteiger partial charge < -0.3 is 10.0 Å². The monoisotopic (exact) mass is 142 g/mol. The fourth-order valence-corrected chi connectivity index (χ4v) is 1.54. The second kappa shape index (κ2) is 2.24. The standard InChI is InChI=1S/C7H15BO2/c1-7(2,3)5-4-6(5)8(9)10/h5-6,9-10H,4H2,1-3H3/t5-,6?/m1/s1. The molecule has 1 fully saturated rings. The van der Waals surface area contributed by atoms with Gasteiger partial charge in [-0.25, -0.2) is 0 Å². The topological polar surface area (TPSA) is 40.5 Å². The summed E-state index contributed by atoms with van der Waals surface area (Å²) in [5.41, 5.74) is 0.244. The van der Waals surface area contributed by atoms with Gasteiger partial charge in [0.2, 0.25) is 0 Å². The van der Waals surface area contributed by atoms with Crippen molar-refractivity contribution in [3.63, 3.8) is 0 Å². The Morgan fingerprint density at radius 1 is 1.30 bits per heavy atom. The van der Waals surface area contributed by atoms with Crippen molar-refractivity contribution in [3.8, 4) is 0 Å². The average molecular weight is 142 g/mol. The van der Waals surface area contributed by atoms with E-state index in [1.165, 1.54) is 0 Å². The van der Waals surface area contributed by atoms with Gasteiger partial charge in [0.1, 0.15) is 0 Å². The predicted molar refractivity (Wildman–Crippen MR) is 41.5 cm³/mol. The maximum Gasteiger partial charge on any atom is 0.455 e. The Labute approximate surface area is 62.4 Å². The van der Waals surface area contributed by atoms with Crippen LogP contribution >= 0.6 is 0 Å². The van der Waals surface area contributed by atoms with Crippen molar-refractivity contribution in [2.45, 2.75) is 33.0 Å². The zero-order chi connectivity index (χ0) is 7.94. The molecule has 1 aliphatic carbocycles. The van der Waals surface area contributed by atoms with Crippen LogP contribution in [0.25, 0.3) is 0 Å². The number of hydrogen-bond acceptors (Lipinski definition) is 2. The van der Waals surface area contributed by atoms with Crippen LogP contribution in [-0.2, 0) is 0 Å². The summed E-state index contributed by atoms with van der Waals surface area (Å²) in [6.07, 6.45) is 0.973. The van der Waals surface area contributed by atoms with Gasteiger partial charge >= 0.3 is 7.12 Å². The van der Waals surface area contributed by atoms with Crippen LogP contribution in [0.4, 0.5) is 0 Å². The molecule has 2 nitrogen and oxygen atoms in total. The van der Waals surface area contributed by atoms with E-state index in [4.69, 9.17) is 10.0 Å². The van der Waals surface area contributed by atoms with Crippen molar-refractivity contribution < 1.29 is 10.0 Å². The van der Waals surface area contributed by atoms with E-state index in [-0.39, 0.29) is 11.2 Å². The Morgan fingerprint density at radius 3 is 1.90 bits per heavy atom. The summed E-state index contributed by atoms with van der Waals surface area (Å²) in [5, 5.41) is 17.6. The Bertz CT molecular complexity index is 128. The summed E-state index contributed by atoms with van der Waals surface area (Å²) in [7, 11) is -1.09. The summed E-state index contributed by atoms with van der Waals surface area (Å²) in [4.78, 5) is 0. The normalized spacial score (nSPS) is 32.1. The average Bonchev–Trinajstić information content (AvgIpc) is 2.35. The first-order chi connectivity index (χ1) is 4.43. The molecule has 0 heterocycles. The molecule has 2 atom stereocenters. The molecule has 0 bridgehead atoms. The fraction of sp³-hybridized carbons (Fsp3) is 1.00. The largest absolute Gasteiger partial charge is 0.455 e. The molecule has 0 aliphatic heterocycles. The van der Waals surface area contributed by atoms with Crippen LogP contribution in [0.5, 0.6) is 0 Å². The molecule has 1 aliphatic rings. The summed E-state index contributed by atoms with van der Waals surface area (Å²) in [6.45, 7) is 6.42. The Hall–Kier alpha value is -0.0151. The molecule has 1 unspecified atom stereocenters. The van der Waals surface area contributed by atoms with E-state index in [0.717, 1.165) is 6.42 Å². The van der Waals surface area contributed by atoms with Crippen molar-refractivity contribution in [1.82, 2.24) is 0 Å². The molecule has 3 heteroatoms. The quantitative estimate of drug-likeness (QED) is 0.534. The van der Waals surface area contributed by atoms with E-state index in [9.17, 15) is 0 Å². The highest BCUT2D eigenvalue weighted by Crippen LogP contribution is 2.55. The van der Waals surface area contributed by atoms with Gasteiger partial charge in [0, 0.05) is 0 Å². The van der Waals surface area contributed by atoms with Crippen molar-refractivity contribution in [1.29, 1.82) is 0 Å². The first-order valence-corrected chi connectivity index (χ1v) is 3.79. The van der Waals surface area contributed by atoms with Crippen LogP contribution in [0.2, 0.25) is 5.82 Å². The maximum absolute atomic E-state index is 8.78. The highest BCUT2D eigenvalue weighted by Gasteiger charge is 2.50. The highest BCUT2D eigenvalue weighted by molar-refractivity contribution is 6.44. The van der Waals surface area contributed by atoms with Crippen molar-refractivity contribution in [2.24, 2.45) is 11.3 Å². The van der Waals surface area contributed by atoms with Gasteiger partial charge in [0.15, 0.2) is 0 Å². The van der Waals surface area contributed by atoms with E-state index >= 15 is 0 Å². The van der Waals surface area contributed by atoms with Gasteiger partial charge in [-0.2, -0.15) is 0 Å². The Kier molecular flexibility index (Phi) is 1.81. The lowest BCUT2D eigenvalue weighted by molar-refractivity contribution is 0.333. The van der Waals surface area contributed by atoms with Gasteiger partial charge in [-0.05, 0) is 23.6 Å². The minimum atomic E-state index is -1.09. The van der Waals surface area contributed by atoms with Crippen molar-refractivity contribution in [3.05, 3.63) is 0 Å².